The summed E-state index contributed by atoms with van der Waals surface area (Å²) in [7, 11) is 0. The Kier molecular flexibility index (Phi) is 6.45. The summed E-state index contributed by atoms with van der Waals surface area (Å²) in [6, 6.07) is 0.121. The van der Waals surface area contributed by atoms with Crippen LogP contribution in [0.2, 0.25) is 0 Å². The monoisotopic (exact) mass is 299 g/mol. The zero-order chi connectivity index (χ0) is 16.0. The molecule has 2 amide bonds. The summed E-state index contributed by atoms with van der Waals surface area (Å²) >= 11 is 0. The largest absolute Gasteiger partial charge is 0.480 e. The van der Waals surface area contributed by atoms with E-state index in [2.05, 4.69) is 24.1 Å². The SMILES string of the molecule is CCCC(C)(NC(=O)N1CCC(N(CC)CC)C1)C(=O)O. The molecule has 1 aliphatic rings. The Morgan fingerprint density at radius 1 is 1.33 bits per heavy atom. The van der Waals surface area contributed by atoms with E-state index in [-0.39, 0.29) is 6.03 Å². The summed E-state index contributed by atoms with van der Waals surface area (Å²) in [5.74, 6) is -0.975. The van der Waals surface area contributed by atoms with Crippen molar-refractivity contribution in [2.45, 2.75) is 58.5 Å². The van der Waals surface area contributed by atoms with E-state index in [1.807, 2.05) is 6.92 Å². The Morgan fingerprint density at radius 3 is 2.43 bits per heavy atom. The lowest BCUT2D eigenvalue weighted by Gasteiger charge is -2.30. The van der Waals surface area contributed by atoms with Crippen molar-refractivity contribution < 1.29 is 14.7 Å². The fourth-order valence-electron chi connectivity index (χ4n) is 3.00. The highest BCUT2D eigenvalue weighted by Crippen LogP contribution is 2.18. The average Bonchev–Trinajstić information content (AvgIpc) is 2.90. The molecule has 1 fully saturated rings. The summed E-state index contributed by atoms with van der Waals surface area (Å²) in [4.78, 5) is 27.8. The van der Waals surface area contributed by atoms with Crippen LogP contribution in [0.1, 0.15) is 47.0 Å². The van der Waals surface area contributed by atoms with Crippen LogP contribution >= 0.6 is 0 Å². The maximum Gasteiger partial charge on any atom is 0.329 e. The Bertz CT molecular complexity index is 371. The van der Waals surface area contributed by atoms with Gasteiger partial charge >= 0.3 is 12.0 Å². The van der Waals surface area contributed by atoms with Crippen molar-refractivity contribution in [2.24, 2.45) is 0 Å². The van der Waals surface area contributed by atoms with Crippen LogP contribution in [-0.2, 0) is 4.79 Å². The van der Waals surface area contributed by atoms with E-state index in [4.69, 9.17) is 0 Å². The summed E-state index contributed by atoms with van der Waals surface area (Å²) in [6.07, 6.45) is 2.10. The highest BCUT2D eigenvalue weighted by Gasteiger charge is 2.37. The van der Waals surface area contributed by atoms with E-state index < -0.39 is 11.5 Å². The molecule has 21 heavy (non-hydrogen) atoms. The molecule has 0 spiro atoms. The van der Waals surface area contributed by atoms with Crippen molar-refractivity contribution >= 4 is 12.0 Å². The fourth-order valence-corrected chi connectivity index (χ4v) is 3.00. The van der Waals surface area contributed by atoms with Crippen LogP contribution < -0.4 is 5.32 Å². The molecule has 1 heterocycles. The fraction of sp³-hybridized carbons (Fsp3) is 0.867. The molecule has 122 valence electrons. The standard InChI is InChI=1S/C15H29N3O3/c1-5-9-15(4,13(19)20)16-14(21)18-10-8-12(11-18)17(6-2)7-3/h12H,5-11H2,1-4H3,(H,16,21)(H,19,20). The van der Waals surface area contributed by atoms with Gasteiger partial charge in [-0.3, -0.25) is 4.90 Å². The van der Waals surface area contributed by atoms with Gasteiger partial charge in [0.1, 0.15) is 5.54 Å². The molecule has 1 saturated heterocycles. The van der Waals surface area contributed by atoms with E-state index in [0.29, 0.717) is 32.0 Å². The van der Waals surface area contributed by atoms with Crippen molar-refractivity contribution in [1.82, 2.24) is 15.1 Å². The molecule has 2 N–H and O–H groups in total. The Hall–Kier alpha value is -1.30. The molecule has 0 radical (unpaired) electrons. The number of hydrogen-bond acceptors (Lipinski definition) is 3. The van der Waals surface area contributed by atoms with Crippen molar-refractivity contribution in [1.29, 1.82) is 0 Å². The lowest BCUT2D eigenvalue weighted by molar-refractivity contribution is -0.144. The number of likely N-dealkylation sites (N-methyl/N-ethyl adjacent to an activating group) is 1. The minimum Gasteiger partial charge on any atom is -0.480 e. The molecule has 2 atom stereocenters. The smallest absolute Gasteiger partial charge is 0.329 e. The topological polar surface area (TPSA) is 72.9 Å². The van der Waals surface area contributed by atoms with Gasteiger partial charge in [0.05, 0.1) is 0 Å². The molecular weight excluding hydrogens is 270 g/mol. The van der Waals surface area contributed by atoms with Crippen LogP contribution in [0.4, 0.5) is 4.79 Å². The van der Waals surface area contributed by atoms with Gasteiger partial charge in [0.25, 0.3) is 0 Å². The minimum atomic E-state index is -1.18. The second kappa shape index (κ2) is 7.64. The predicted molar refractivity (Wildman–Crippen MR) is 82.4 cm³/mol. The highest BCUT2D eigenvalue weighted by molar-refractivity contribution is 5.86. The molecule has 0 saturated carbocycles. The number of hydrogen-bond donors (Lipinski definition) is 2. The number of carboxylic acid groups (broad SMARTS) is 1. The normalized spacial score (nSPS) is 21.4. The average molecular weight is 299 g/mol. The van der Waals surface area contributed by atoms with Crippen molar-refractivity contribution in [2.75, 3.05) is 26.2 Å². The van der Waals surface area contributed by atoms with Gasteiger partial charge in [-0.05, 0) is 32.9 Å². The van der Waals surface area contributed by atoms with Gasteiger partial charge < -0.3 is 15.3 Å². The molecule has 0 bridgehead atoms. The molecule has 1 rings (SSSR count). The third-order valence-electron chi connectivity index (χ3n) is 4.38. The van der Waals surface area contributed by atoms with Gasteiger partial charge in [-0.1, -0.05) is 27.2 Å². The van der Waals surface area contributed by atoms with Crippen molar-refractivity contribution in [3.8, 4) is 0 Å². The number of nitrogens with zero attached hydrogens (tertiary/aromatic N) is 2. The number of urea groups is 1. The molecular formula is C15H29N3O3. The van der Waals surface area contributed by atoms with Gasteiger partial charge in [-0.2, -0.15) is 0 Å². The third kappa shape index (κ3) is 4.33. The lowest BCUT2D eigenvalue weighted by atomic mass is 9.96. The molecule has 1 aliphatic heterocycles. The maximum atomic E-state index is 12.3. The Balaban J connectivity index is 2.62. The third-order valence-corrected chi connectivity index (χ3v) is 4.38. The van der Waals surface area contributed by atoms with E-state index in [1.165, 1.54) is 0 Å². The molecule has 0 aliphatic carbocycles. The number of nitrogens with one attached hydrogen (secondary N) is 1. The number of carboxylic acids is 1. The van der Waals surface area contributed by atoms with E-state index in [9.17, 15) is 14.7 Å². The number of rotatable bonds is 7. The van der Waals surface area contributed by atoms with Gasteiger partial charge in [-0.15, -0.1) is 0 Å². The Morgan fingerprint density at radius 2 is 1.95 bits per heavy atom. The minimum absolute atomic E-state index is 0.261. The quantitative estimate of drug-likeness (QED) is 0.751. The van der Waals surface area contributed by atoms with Crippen LogP contribution in [0.25, 0.3) is 0 Å². The summed E-state index contributed by atoms with van der Waals surface area (Å²) in [5.41, 5.74) is -1.18. The molecule has 2 unspecified atom stereocenters. The van der Waals surface area contributed by atoms with Crippen LogP contribution in [0.3, 0.4) is 0 Å². The number of carbonyl (C=O) groups excluding carboxylic acids is 1. The molecule has 6 nitrogen and oxygen atoms in total. The zero-order valence-corrected chi connectivity index (χ0v) is 13.7. The van der Waals surface area contributed by atoms with Gasteiger partial charge in [0, 0.05) is 19.1 Å². The van der Waals surface area contributed by atoms with Crippen LogP contribution in [0, 0.1) is 0 Å². The summed E-state index contributed by atoms with van der Waals surface area (Å²) in [5, 5.41) is 12.0. The molecule has 0 aromatic carbocycles. The van der Waals surface area contributed by atoms with Gasteiger partial charge in [-0.25, -0.2) is 9.59 Å². The van der Waals surface area contributed by atoms with E-state index in [1.54, 1.807) is 11.8 Å². The first-order valence-electron chi connectivity index (χ1n) is 7.92. The summed E-state index contributed by atoms with van der Waals surface area (Å²) in [6.45, 7) is 11.0. The van der Waals surface area contributed by atoms with Crippen LogP contribution in [0.15, 0.2) is 0 Å². The number of carbonyl (C=O) groups is 2. The summed E-state index contributed by atoms with van der Waals surface area (Å²) < 4.78 is 0. The van der Waals surface area contributed by atoms with Gasteiger partial charge in [0.2, 0.25) is 0 Å². The van der Waals surface area contributed by atoms with Crippen molar-refractivity contribution in [3.05, 3.63) is 0 Å². The number of likely N-dealkylation sites (tertiary alicyclic amines) is 1. The first-order valence-corrected chi connectivity index (χ1v) is 7.92. The number of amides is 2. The first kappa shape index (κ1) is 17.8. The first-order chi connectivity index (χ1) is 9.87. The van der Waals surface area contributed by atoms with E-state index in [0.717, 1.165) is 19.5 Å². The second-order valence-corrected chi connectivity index (χ2v) is 5.93. The molecule has 0 aromatic heterocycles. The van der Waals surface area contributed by atoms with Crippen LogP contribution in [0.5, 0.6) is 0 Å². The lowest BCUT2D eigenvalue weighted by Crippen LogP contribution is -2.56. The zero-order valence-electron chi connectivity index (χ0n) is 13.7. The van der Waals surface area contributed by atoms with Gasteiger partial charge in [0.15, 0.2) is 0 Å². The highest BCUT2D eigenvalue weighted by atomic mass is 16.4. The second-order valence-electron chi connectivity index (χ2n) is 5.93. The predicted octanol–water partition coefficient (Wildman–Crippen LogP) is 1.76. The van der Waals surface area contributed by atoms with E-state index >= 15 is 0 Å². The maximum absolute atomic E-state index is 12.3. The Labute approximate surface area is 127 Å². The molecule has 0 aromatic rings. The number of aliphatic carboxylic acids is 1. The van der Waals surface area contributed by atoms with Crippen LogP contribution in [-0.4, -0.2) is 64.7 Å². The molecule has 6 heteroatoms. The van der Waals surface area contributed by atoms with Crippen molar-refractivity contribution in [3.63, 3.8) is 0 Å².